The smallest absolute Gasteiger partial charge is 0.251 e. The molecule has 2 aliphatic heterocycles. The molecule has 0 spiro atoms. The second kappa shape index (κ2) is 23.9. The Morgan fingerprint density at radius 1 is 0.613 bits per heavy atom. The van der Waals surface area contributed by atoms with Gasteiger partial charge in [0, 0.05) is 76.4 Å². The zero-order valence-corrected chi connectivity index (χ0v) is 49.1. The van der Waals surface area contributed by atoms with Gasteiger partial charge in [-0.2, -0.15) is 0 Å². The summed E-state index contributed by atoms with van der Waals surface area (Å²) < 4.78 is 0. The number of fused-ring (bicyclic) bond motifs is 2. The summed E-state index contributed by atoms with van der Waals surface area (Å²) in [6.07, 6.45) is 1.50. The van der Waals surface area contributed by atoms with Crippen molar-refractivity contribution in [2.45, 2.75) is 124 Å². The van der Waals surface area contributed by atoms with E-state index in [1.807, 2.05) is 114 Å². The van der Waals surface area contributed by atoms with Crippen LogP contribution in [-0.2, 0) is 19.2 Å². The molecular formula is C64H74N8O6S2. The highest BCUT2D eigenvalue weighted by molar-refractivity contribution is 7.10. The van der Waals surface area contributed by atoms with Gasteiger partial charge in [0.25, 0.3) is 11.8 Å². The highest BCUT2D eigenvalue weighted by Crippen LogP contribution is 2.42. The third-order valence-electron chi connectivity index (χ3n) is 16.1. The molecule has 2 fully saturated rings. The van der Waals surface area contributed by atoms with Crippen molar-refractivity contribution in [2.24, 2.45) is 22.7 Å². The van der Waals surface area contributed by atoms with Gasteiger partial charge in [0.2, 0.25) is 17.7 Å². The molecule has 7 aromatic rings. The summed E-state index contributed by atoms with van der Waals surface area (Å²) in [5, 5.41) is 22.3. The monoisotopic (exact) mass is 1110 g/mol. The number of carbonyl (C=O) groups is 6. The number of thiazole rings is 2. The Kier molecular flexibility index (Phi) is 17.2. The molecule has 2 aromatic heterocycles. The largest absolute Gasteiger partial charge is 0.347 e. The van der Waals surface area contributed by atoms with Gasteiger partial charge in [0.05, 0.1) is 29.5 Å². The highest BCUT2D eigenvalue weighted by atomic mass is 32.1. The van der Waals surface area contributed by atoms with E-state index in [-0.39, 0.29) is 60.7 Å². The number of likely N-dealkylation sites (N-methyl/N-ethyl adjacent to an activating group) is 1. The summed E-state index contributed by atoms with van der Waals surface area (Å²) >= 11 is 2.95. The van der Waals surface area contributed by atoms with Crippen LogP contribution >= 0.6 is 22.7 Å². The number of benzene rings is 5. The van der Waals surface area contributed by atoms with Crippen molar-refractivity contribution >= 4 is 79.5 Å². The quantitative estimate of drug-likeness (QED) is 0.0689. The number of nitrogens with zero attached hydrogens (tertiary/aromatic N) is 4. The molecule has 2 saturated heterocycles. The summed E-state index contributed by atoms with van der Waals surface area (Å²) in [4.78, 5) is 98.8. The number of rotatable bonds is 17. The zero-order valence-electron chi connectivity index (χ0n) is 47.5. The molecule has 418 valence electrons. The fourth-order valence-corrected chi connectivity index (χ4v) is 12.8. The van der Waals surface area contributed by atoms with E-state index in [1.165, 1.54) is 22.7 Å². The molecule has 4 N–H and O–H groups in total. The Bertz CT molecular complexity index is 3200. The minimum absolute atomic E-state index is 0.0498. The Labute approximate surface area is 477 Å². The lowest BCUT2D eigenvalue weighted by Gasteiger charge is -2.36. The molecule has 0 bridgehead atoms. The first-order valence-electron chi connectivity index (χ1n) is 27.8. The SMILES string of the molecule is CC[C@@H](C)C(=O)N[C@H](C(=O)N1C[C@@H](NC(=O)c2ccc(C(=O)N[C@H]3C[C@@H](c4nc(-c5cccc6ccccc56)cs4)N(C(=O)[C@@H](CC(=O)[C@H](C)NC)C(C)(C)C)C3)cc2)C[C@H]1c1nc(-c2cccc3ccccc23)cs1)C(C)(C)C. The molecule has 5 aromatic carbocycles. The fourth-order valence-electron chi connectivity index (χ4n) is 11.0. The number of ketones is 1. The van der Waals surface area contributed by atoms with E-state index in [0.29, 0.717) is 30.4 Å². The maximum Gasteiger partial charge on any atom is 0.251 e. The first-order valence-corrected chi connectivity index (χ1v) is 29.6. The topological polar surface area (TPSA) is 183 Å². The van der Waals surface area contributed by atoms with Crippen LogP contribution in [0.3, 0.4) is 0 Å². The van der Waals surface area contributed by atoms with Gasteiger partial charge < -0.3 is 31.1 Å². The molecule has 9 rings (SSSR count). The van der Waals surface area contributed by atoms with Gasteiger partial charge in [-0.25, -0.2) is 9.97 Å². The van der Waals surface area contributed by atoms with Crippen LogP contribution in [0, 0.1) is 22.7 Å². The molecule has 8 atom stereocenters. The fraction of sp³-hybridized carbons (Fsp3) is 0.406. The van der Waals surface area contributed by atoms with Crippen LogP contribution in [-0.4, -0.2) is 99.4 Å². The van der Waals surface area contributed by atoms with Gasteiger partial charge in [-0.1, -0.05) is 140 Å². The number of carbonyl (C=O) groups excluding carboxylic acids is 6. The Morgan fingerprint density at radius 3 is 1.50 bits per heavy atom. The number of hydrogen-bond acceptors (Lipinski definition) is 11. The average molecular weight is 1120 g/mol. The van der Waals surface area contributed by atoms with Crippen LogP contribution in [0.25, 0.3) is 44.1 Å². The van der Waals surface area contributed by atoms with Gasteiger partial charge in [-0.15, -0.1) is 22.7 Å². The van der Waals surface area contributed by atoms with Crippen molar-refractivity contribution < 1.29 is 28.8 Å². The van der Waals surface area contributed by atoms with Crippen LogP contribution in [0.15, 0.2) is 120 Å². The summed E-state index contributed by atoms with van der Waals surface area (Å²) in [5.41, 5.74) is 3.08. The molecule has 5 amide bonds. The molecule has 2 aliphatic rings. The highest BCUT2D eigenvalue weighted by Gasteiger charge is 2.46. The van der Waals surface area contributed by atoms with Gasteiger partial charge in [-0.05, 0) is 89.9 Å². The predicted molar refractivity (Wildman–Crippen MR) is 319 cm³/mol. The van der Waals surface area contributed by atoms with Crippen LogP contribution in [0.5, 0.6) is 0 Å². The number of Topliss-reactive ketones (excluding diaryl/α,β-unsaturated/α-hetero) is 1. The summed E-state index contributed by atoms with van der Waals surface area (Å²) in [5.74, 6) is -2.26. The lowest BCUT2D eigenvalue weighted by Crippen LogP contribution is -2.55. The van der Waals surface area contributed by atoms with E-state index in [9.17, 15) is 28.8 Å². The maximum absolute atomic E-state index is 14.9. The molecule has 0 saturated carbocycles. The van der Waals surface area contributed by atoms with Crippen molar-refractivity contribution in [2.75, 3.05) is 20.1 Å². The van der Waals surface area contributed by atoms with Crippen LogP contribution < -0.4 is 21.3 Å². The van der Waals surface area contributed by atoms with Gasteiger partial charge in [0.1, 0.15) is 21.8 Å². The summed E-state index contributed by atoms with van der Waals surface area (Å²) in [7, 11) is 1.73. The van der Waals surface area contributed by atoms with Crippen LogP contribution in [0.4, 0.5) is 0 Å². The molecule has 80 heavy (non-hydrogen) atoms. The van der Waals surface area contributed by atoms with E-state index >= 15 is 0 Å². The first-order chi connectivity index (χ1) is 38.1. The minimum atomic E-state index is -0.833. The van der Waals surface area contributed by atoms with E-state index in [2.05, 4.69) is 63.7 Å². The molecular weight excluding hydrogens is 1040 g/mol. The number of aromatic nitrogens is 2. The third kappa shape index (κ3) is 12.4. The molecule has 16 heteroatoms. The van der Waals surface area contributed by atoms with Crippen LogP contribution in [0.1, 0.15) is 131 Å². The molecule has 4 heterocycles. The standard InChI is InChI=1S/C64H74N8O6S2/c1-11-37(2)56(74)70-55(64(7,8)9)62(78)72-34-44(31-53(72)60-69-51(36-80-60)48-25-17-21-40-19-13-15-23-46(40)48)67-58(76)42-28-26-41(27-29-42)57(75)66-43-30-52(71(33-43)61(77)49(63(4,5)6)32-54(73)38(3)65-10)59-68-50(35-79-59)47-24-16-20-39-18-12-14-22-45(39)47/h12-29,35-38,43-44,49,52-53,55,65H,11,30-34H2,1-10H3,(H,66,75)(H,67,76)(H,70,74)/t37-,38+,43+,44+,49-,52+,53+,55-/m1/s1. The van der Waals surface area contributed by atoms with E-state index in [1.54, 1.807) is 43.1 Å². The second-order valence-corrected chi connectivity index (χ2v) is 25.6. The summed E-state index contributed by atoms with van der Waals surface area (Å²) in [6.45, 7) is 17.8. The lowest BCUT2D eigenvalue weighted by atomic mass is 9.76. The van der Waals surface area contributed by atoms with E-state index in [4.69, 9.17) is 9.97 Å². The van der Waals surface area contributed by atoms with Crippen molar-refractivity contribution in [3.05, 3.63) is 141 Å². The second-order valence-electron chi connectivity index (χ2n) is 23.8. The summed E-state index contributed by atoms with van der Waals surface area (Å²) in [6, 6.07) is 32.0. The van der Waals surface area contributed by atoms with Gasteiger partial charge in [0.15, 0.2) is 0 Å². The van der Waals surface area contributed by atoms with Crippen molar-refractivity contribution in [3.63, 3.8) is 0 Å². The average Bonchev–Trinajstić information content (AvgIpc) is 4.37. The van der Waals surface area contributed by atoms with Gasteiger partial charge >= 0.3 is 0 Å². The maximum atomic E-state index is 14.9. The molecule has 0 unspecified atom stereocenters. The van der Waals surface area contributed by atoms with E-state index < -0.39 is 53.0 Å². The third-order valence-corrected chi connectivity index (χ3v) is 18.0. The Morgan fingerprint density at radius 2 is 1.06 bits per heavy atom. The Balaban J connectivity index is 0.928. The first kappa shape index (κ1) is 57.5. The number of amides is 5. The number of nitrogens with one attached hydrogen (secondary N) is 4. The number of likely N-dealkylation sites (tertiary alicyclic amines) is 2. The van der Waals surface area contributed by atoms with Crippen LogP contribution in [0.2, 0.25) is 0 Å². The number of hydrogen-bond donors (Lipinski definition) is 4. The molecule has 0 aliphatic carbocycles. The predicted octanol–water partition coefficient (Wildman–Crippen LogP) is 11.2. The molecule has 14 nitrogen and oxygen atoms in total. The minimum Gasteiger partial charge on any atom is -0.347 e. The van der Waals surface area contributed by atoms with E-state index in [0.717, 1.165) is 54.1 Å². The lowest BCUT2D eigenvalue weighted by molar-refractivity contribution is -0.143. The van der Waals surface area contributed by atoms with Gasteiger partial charge in [-0.3, -0.25) is 28.8 Å². The normalized spacial score (nSPS) is 19.1. The van der Waals surface area contributed by atoms with Crippen molar-refractivity contribution in [3.8, 4) is 22.5 Å². The van der Waals surface area contributed by atoms with Crippen molar-refractivity contribution in [1.29, 1.82) is 0 Å². The molecule has 0 radical (unpaired) electrons. The Hall–Kier alpha value is -7.14. The van der Waals surface area contributed by atoms with Crippen molar-refractivity contribution in [1.82, 2.24) is 41.0 Å². The zero-order chi connectivity index (χ0) is 57.2.